The minimum Gasteiger partial charge on any atom is -0.329 e. The zero-order chi connectivity index (χ0) is 10.4. The van der Waals surface area contributed by atoms with Gasteiger partial charge in [0.05, 0.1) is 0 Å². The lowest BCUT2D eigenvalue weighted by molar-refractivity contribution is 0.224. The summed E-state index contributed by atoms with van der Waals surface area (Å²) in [6.07, 6.45) is 0. The van der Waals surface area contributed by atoms with E-state index in [1.807, 2.05) is 6.07 Å². The molecular formula is C12H20N2. The Hall–Kier alpha value is -0.860. The summed E-state index contributed by atoms with van der Waals surface area (Å²) in [5.74, 6) is 0. The second kappa shape index (κ2) is 5.78. The molecule has 1 atom stereocenters. The molecule has 1 rings (SSSR count). The van der Waals surface area contributed by atoms with Gasteiger partial charge in [-0.3, -0.25) is 4.90 Å². The monoisotopic (exact) mass is 192 g/mol. The molecule has 2 heteroatoms. The molecule has 0 aliphatic carbocycles. The Morgan fingerprint density at radius 2 is 1.71 bits per heavy atom. The first kappa shape index (κ1) is 11.2. The molecule has 2 nitrogen and oxygen atoms in total. The zero-order valence-corrected chi connectivity index (χ0v) is 9.11. The smallest absolute Gasteiger partial charge is 0.0470 e. The van der Waals surface area contributed by atoms with E-state index < -0.39 is 0 Å². The van der Waals surface area contributed by atoms with Crippen LogP contribution in [0.4, 0.5) is 0 Å². The molecule has 1 aromatic carbocycles. The molecule has 0 saturated heterocycles. The highest BCUT2D eigenvalue weighted by Gasteiger charge is 2.14. The highest BCUT2D eigenvalue weighted by Crippen LogP contribution is 2.18. The summed E-state index contributed by atoms with van der Waals surface area (Å²) < 4.78 is 0. The van der Waals surface area contributed by atoms with Crippen molar-refractivity contribution in [3.8, 4) is 0 Å². The van der Waals surface area contributed by atoms with Gasteiger partial charge >= 0.3 is 0 Å². The van der Waals surface area contributed by atoms with Gasteiger partial charge in [0.15, 0.2) is 0 Å². The molecule has 0 heterocycles. The highest BCUT2D eigenvalue weighted by molar-refractivity contribution is 5.19. The molecule has 0 fully saturated rings. The fraction of sp³-hybridized carbons (Fsp3) is 0.500. The third kappa shape index (κ3) is 2.56. The molecule has 0 aliphatic rings. The van der Waals surface area contributed by atoms with Gasteiger partial charge in [0.1, 0.15) is 0 Å². The van der Waals surface area contributed by atoms with Gasteiger partial charge in [-0.2, -0.15) is 0 Å². The third-order valence-electron chi connectivity index (χ3n) is 2.66. The summed E-state index contributed by atoms with van der Waals surface area (Å²) in [6, 6.07) is 10.8. The van der Waals surface area contributed by atoms with E-state index in [2.05, 4.69) is 43.0 Å². The van der Waals surface area contributed by atoms with Crippen LogP contribution >= 0.6 is 0 Å². The molecule has 2 N–H and O–H groups in total. The average molecular weight is 192 g/mol. The molecular weight excluding hydrogens is 172 g/mol. The van der Waals surface area contributed by atoms with Crippen LogP contribution in [0, 0.1) is 0 Å². The molecule has 0 spiro atoms. The summed E-state index contributed by atoms with van der Waals surface area (Å²) in [5, 5.41) is 0. The number of hydrogen-bond donors (Lipinski definition) is 1. The van der Waals surface area contributed by atoms with Crippen molar-refractivity contribution in [3.63, 3.8) is 0 Å². The molecule has 0 aliphatic heterocycles. The summed E-state index contributed by atoms with van der Waals surface area (Å²) in [4.78, 5) is 2.38. The Balaban J connectivity index is 2.81. The lowest BCUT2D eigenvalue weighted by Crippen LogP contribution is -2.33. The van der Waals surface area contributed by atoms with Gasteiger partial charge in [0, 0.05) is 12.6 Å². The standard InChI is InChI=1S/C12H20N2/c1-3-14(4-2)12(10-13)11-8-6-5-7-9-11/h5-9,12H,3-4,10,13H2,1-2H3. The third-order valence-corrected chi connectivity index (χ3v) is 2.66. The molecule has 0 aromatic heterocycles. The zero-order valence-electron chi connectivity index (χ0n) is 9.11. The van der Waals surface area contributed by atoms with Crippen molar-refractivity contribution in [2.24, 2.45) is 5.73 Å². The van der Waals surface area contributed by atoms with Crippen LogP contribution in [-0.2, 0) is 0 Å². The van der Waals surface area contributed by atoms with Crippen molar-refractivity contribution >= 4 is 0 Å². The second-order valence-corrected chi connectivity index (χ2v) is 3.38. The van der Waals surface area contributed by atoms with Crippen molar-refractivity contribution in [1.82, 2.24) is 4.90 Å². The van der Waals surface area contributed by atoms with Crippen LogP contribution in [0.25, 0.3) is 0 Å². The lowest BCUT2D eigenvalue weighted by atomic mass is 10.1. The first-order valence-electron chi connectivity index (χ1n) is 5.32. The van der Waals surface area contributed by atoms with Crippen molar-refractivity contribution in [1.29, 1.82) is 0 Å². The Kier molecular flexibility index (Phi) is 4.63. The van der Waals surface area contributed by atoms with Crippen LogP contribution in [0.5, 0.6) is 0 Å². The largest absolute Gasteiger partial charge is 0.329 e. The van der Waals surface area contributed by atoms with Crippen LogP contribution in [0.1, 0.15) is 25.5 Å². The van der Waals surface area contributed by atoms with Crippen LogP contribution < -0.4 is 5.73 Å². The molecule has 0 amide bonds. The minimum absolute atomic E-state index is 0.367. The molecule has 1 aromatic rings. The van der Waals surface area contributed by atoms with Gasteiger partial charge in [-0.25, -0.2) is 0 Å². The van der Waals surface area contributed by atoms with Crippen LogP contribution in [0.3, 0.4) is 0 Å². The number of likely N-dealkylation sites (N-methyl/N-ethyl adjacent to an activating group) is 1. The SMILES string of the molecule is CCN(CC)C(CN)c1ccccc1. The highest BCUT2D eigenvalue weighted by atomic mass is 15.2. The molecule has 0 radical (unpaired) electrons. The predicted octanol–water partition coefficient (Wildman–Crippen LogP) is 2.03. The topological polar surface area (TPSA) is 29.3 Å². The summed E-state index contributed by atoms with van der Waals surface area (Å²) in [6.45, 7) is 7.14. The summed E-state index contributed by atoms with van der Waals surface area (Å²) in [5.41, 5.74) is 7.13. The first-order valence-corrected chi connectivity index (χ1v) is 5.32. The van der Waals surface area contributed by atoms with E-state index in [1.165, 1.54) is 5.56 Å². The van der Waals surface area contributed by atoms with Crippen molar-refractivity contribution in [3.05, 3.63) is 35.9 Å². The molecule has 1 unspecified atom stereocenters. The number of rotatable bonds is 5. The maximum absolute atomic E-state index is 5.82. The van der Waals surface area contributed by atoms with Crippen LogP contribution in [0.2, 0.25) is 0 Å². The number of benzene rings is 1. The normalized spacial score (nSPS) is 13.1. The Labute approximate surface area is 86.7 Å². The van der Waals surface area contributed by atoms with Crippen molar-refractivity contribution in [2.75, 3.05) is 19.6 Å². The second-order valence-electron chi connectivity index (χ2n) is 3.38. The number of nitrogens with zero attached hydrogens (tertiary/aromatic N) is 1. The number of nitrogens with two attached hydrogens (primary N) is 1. The molecule has 14 heavy (non-hydrogen) atoms. The Morgan fingerprint density at radius 1 is 1.14 bits per heavy atom. The number of hydrogen-bond acceptors (Lipinski definition) is 2. The van der Waals surface area contributed by atoms with Crippen molar-refractivity contribution < 1.29 is 0 Å². The van der Waals surface area contributed by atoms with Crippen LogP contribution in [0.15, 0.2) is 30.3 Å². The predicted molar refractivity (Wildman–Crippen MR) is 61.2 cm³/mol. The van der Waals surface area contributed by atoms with E-state index in [0.29, 0.717) is 12.6 Å². The summed E-state index contributed by atoms with van der Waals surface area (Å²) in [7, 11) is 0. The van der Waals surface area contributed by atoms with Gasteiger partial charge in [0.25, 0.3) is 0 Å². The fourth-order valence-corrected chi connectivity index (χ4v) is 1.84. The maximum atomic E-state index is 5.82. The first-order chi connectivity index (χ1) is 6.83. The lowest BCUT2D eigenvalue weighted by Gasteiger charge is -2.28. The van der Waals surface area contributed by atoms with Crippen LogP contribution in [-0.4, -0.2) is 24.5 Å². The van der Waals surface area contributed by atoms with Gasteiger partial charge in [-0.1, -0.05) is 44.2 Å². The molecule has 0 saturated carbocycles. The summed E-state index contributed by atoms with van der Waals surface area (Å²) >= 11 is 0. The molecule has 78 valence electrons. The van der Waals surface area contributed by atoms with E-state index in [4.69, 9.17) is 5.73 Å². The minimum atomic E-state index is 0.367. The van der Waals surface area contributed by atoms with Gasteiger partial charge in [-0.15, -0.1) is 0 Å². The Bertz CT molecular complexity index is 242. The molecule has 0 bridgehead atoms. The van der Waals surface area contributed by atoms with Gasteiger partial charge in [-0.05, 0) is 18.7 Å². The Morgan fingerprint density at radius 3 is 2.14 bits per heavy atom. The van der Waals surface area contributed by atoms with E-state index in [1.54, 1.807) is 0 Å². The van der Waals surface area contributed by atoms with Crippen molar-refractivity contribution in [2.45, 2.75) is 19.9 Å². The quantitative estimate of drug-likeness (QED) is 0.773. The van der Waals surface area contributed by atoms with E-state index >= 15 is 0 Å². The fourth-order valence-electron chi connectivity index (χ4n) is 1.84. The van der Waals surface area contributed by atoms with Gasteiger partial charge in [0.2, 0.25) is 0 Å². The van der Waals surface area contributed by atoms with E-state index in [-0.39, 0.29) is 0 Å². The van der Waals surface area contributed by atoms with E-state index in [9.17, 15) is 0 Å². The average Bonchev–Trinajstić information content (AvgIpc) is 2.27. The maximum Gasteiger partial charge on any atom is 0.0470 e. The van der Waals surface area contributed by atoms with E-state index in [0.717, 1.165) is 13.1 Å². The van der Waals surface area contributed by atoms with Gasteiger partial charge < -0.3 is 5.73 Å².